The monoisotopic (exact) mass is 345 g/mol. The Balaban J connectivity index is 2.07. The fourth-order valence-corrected chi connectivity index (χ4v) is 2.58. The SMILES string of the molecule is CC(C)(C)OC(=O)N1CCCn2nc(COS(C)(=O)=O)cc2C1. The van der Waals surface area contributed by atoms with Gasteiger partial charge in [-0.15, -0.1) is 0 Å². The minimum atomic E-state index is -3.51. The molecule has 130 valence electrons. The first-order valence-electron chi connectivity index (χ1n) is 7.41. The molecular weight excluding hydrogens is 322 g/mol. The van der Waals surface area contributed by atoms with Gasteiger partial charge in [-0.1, -0.05) is 0 Å². The first-order chi connectivity index (χ1) is 10.5. The molecule has 2 heterocycles. The number of hydrogen-bond acceptors (Lipinski definition) is 6. The maximum atomic E-state index is 12.2. The number of ether oxygens (including phenoxy) is 1. The van der Waals surface area contributed by atoms with Crippen LogP contribution in [0.2, 0.25) is 0 Å². The van der Waals surface area contributed by atoms with E-state index in [1.807, 2.05) is 20.8 Å². The molecule has 1 aliphatic heterocycles. The summed E-state index contributed by atoms with van der Waals surface area (Å²) in [6.45, 7) is 7.00. The average Bonchev–Trinajstić information content (AvgIpc) is 2.64. The summed E-state index contributed by atoms with van der Waals surface area (Å²) >= 11 is 0. The molecule has 2 rings (SSSR count). The normalized spacial score (nSPS) is 15.9. The van der Waals surface area contributed by atoms with Gasteiger partial charge in [0.2, 0.25) is 0 Å². The summed E-state index contributed by atoms with van der Waals surface area (Å²) < 4.78 is 34.0. The Bertz CT molecular complexity index is 675. The molecule has 8 nitrogen and oxygen atoms in total. The maximum absolute atomic E-state index is 12.2. The highest BCUT2D eigenvalue weighted by Gasteiger charge is 2.25. The van der Waals surface area contributed by atoms with Crippen LogP contribution < -0.4 is 0 Å². The molecule has 0 fully saturated rings. The van der Waals surface area contributed by atoms with E-state index in [-0.39, 0.29) is 12.7 Å². The molecule has 1 aliphatic rings. The molecule has 0 N–H and O–H groups in total. The number of fused-ring (bicyclic) bond motifs is 1. The number of carbonyl (C=O) groups is 1. The minimum Gasteiger partial charge on any atom is -0.444 e. The van der Waals surface area contributed by atoms with Crippen molar-refractivity contribution in [1.82, 2.24) is 14.7 Å². The number of nitrogens with zero attached hydrogens (tertiary/aromatic N) is 3. The van der Waals surface area contributed by atoms with Gasteiger partial charge in [-0.2, -0.15) is 13.5 Å². The predicted molar refractivity (Wildman–Crippen MR) is 83.1 cm³/mol. The lowest BCUT2D eigenvalue weighted by Crippen LogP contribution is -2.36. The van der Waals surface area contributed by atoms with Crippen molar-refractivity contribution in [2.45, 2.75) is 52.5 Å². The summed E-state index contributed by atoms with van der Waals surface area (Å²) in [7, 11) is -3.51. The van der Waals surface area contributed by atoms with Gasteiger partial charge >= 0.3 is 6.09 Å². The number of carbonyl (C=O) groups excluding carboxylic acids is 1. The molecule has 0 saturated heterocycles. The molecular formula is C14H23N3O5S. The molecule has 1 amide bonds. The van der Waals surface area contributed by atoms with Crippen LogP contribution in [0.3, 0.4) is 0 Å². The number of rotatable bonds is 3. The van der Waals surface area contributed by atoms with Gasteiger partial charge in [0.25, 0.3) is 10.1 Å². The predicted octanol–water partition coefficient (Wildman–Crippen LogP) is 1.50. The quantitative estimate of drug-likeness (QED) is 0.771. The Kier molecular flexibility index (Phi) is 5.00. The van der Waals surface area contributed by atoms with Crippen LogP contribution in [0.1, 0.15) is 38.6 Å². The summed E-state index contributed by atoms with van der Waals surface area (Å²) in [5.41, 5.74) is 0.815. The highest BCUT2D eigenvalue weighted by molar-refractivity contribution is 7.85. The summed E-state index contributed by atoms with van der Waals surface area (Å²) in [5.74, 6) is 0. The summed E-state index contributed by atoms with van der Waals surface area (Å²) in [6.07, 6.45) is 1.39. The second kappa shape index (κ2) is 6.48. The van der Waals surface area contributed by atoms with Crippen molar-refractivity contribution >= 4 is 16.2 Å². The van der Waals surface area contributed by atoms with Crippen molar-refractivity contribution in [2.24, 2.45) is 0 Å². The highest BCUT2D eigenvalue weighted by Crippen LogP contribution is 2.17. The number of amides is 1. The molecule has 0 bridgehead atoms. The van der Waals surface area contributed by atoms with Crippen LogP contribution >= 0.6 is 0 Å². The maximum Gasteiger partial charge on any atom is 0.410 e. The highest BCUT2D eigenvalue weighted by atomic mass is 32.2. The zero-order valence-corrected chi connectivity index (χ0v) is 14.7. The standard InChI is InChI=1S/C14H23N3O5S/c1-14(2,3)22-13(18)16-6-5-7-17-12(9-16)8-11(15-17)10-21-23(4,19)20/h8H,5-7,9-10H2,1-4H3. The van der Waals surface area contributed by atoms with Crippen molar-refractivity contribution in [3.8, 4) is 0 Å². The van der Waals surface area contributed by atoms with Gasteiger partial charge in [0, 0.05) is 13.1 Å². The molecule has 0 radical (unpaired) electrons. The van der Waals surface area contributed by atoms with Crippen LogP contribution in [0.15, 0.2) is 6.07 Å². The van der Waals surface area contributed by atoms with Gasteiger partial charge < -0.3 is 9.64 Å². The molecule has 0 saturated carbocycles. The first-order valence-corrected chi connectivity index (χ1v) is 9.23. The molecule has 0 spiro atoms. The topological polar surface area (TPSA) is 90.7 Å². The summed E-state index contributed by atoms with van der Waals surface area (Å²) in [5, 5.41) is 4.33. The van der Waals surface area contributed by atoms with E-state index in [9.17, 15) is 13.2 Å². The van der Waals surface area contributed by atoms with Crippen molar-refractivity contribution < 1.29 is 22.1 Å². The second-order valence-electron chi connectivity index (χ2n) is 6.57. The van der Waals surface area contributed by atoms with E-state index in [0.717, 1.165) is 18.4 Å². The zero-order valence-electron chi connectivity index (χ0n) is 13.9. The van der Waals surface area contributed by atoms with E-state index in [0.29, 0.717) is 25.3 Å². The van der Waals surface area contributed by atoms with E-state index in [1.165, 1.54) is 0 Å². The fourth-order valence-electron chi connectivity index (χ4n) is 2.24. The largest absolute Gasteiger partial charge is 0.444 e. The first kappa shape index (κ1) is 17.7. The Hall–Kier alpha value is -1.61. The van der Waals surface area contributed by atoms with E-state index in [2.05, 4.69) is 5.10 Å². The zero-order chi connectivity index (χ0) is 17.3. The van der Waals surface area contributed by atoms with E-state index in [1.54, 1.807) is 15.6 Å². The Morgan fingerprint density at radius 1 is 1.35 bits per heavy atom. The van der Waals surface area contributed by atoms with Crippen LogP contribution in [-0.4, -0.2) is 47.6 Å². The van der Waals surface area contributed by atoms with Crippen LogP contribution in [0, 0.1) is 0 Å². The Morgan fingerprint density at radius 3 is 2.65 bits per heavy atom. The molecule has 9 heteroatoms. The van der Waals surface area contributed by atoms with Crippen molar-refractivity contribution in [2.75, 3.05) is 12.8 Å². The smallest absolute Gasteiger partial charge is 0.410 e. The number of aromatic nitrogens is 2. The van der Waals surface area contributed by atoms with Crippen molar-refractivity contribution in [3.05, 3.63) is 17.5 Å². The lowest BCUT2D eigenvalue weighted by atomic mass is 10.2. The number of aryl methyl sites for hydroxylation is 1. The lowest BCUT2D eigenvalue weighted by Gasteiger charge is -2.26. The van der Waals surface area contributed by atoms with E-state index in [4.69, 9.17) is 8.92 Å². The molecule has 0 aromatic carbocycles. The summed E-state index contributed by atoms with van der Waals surface area (Å²) in [4.78, 5) is 13.8. The van der Waals surface area contributed by atoms with Gasteiger partial charge in [-0.3, -0.25) is 8.86 Å². The minimum absolute atomic E-state index is 0.106. The third-order valence-electron chi connectivity index (χ3n) is 3.14. The van der Waals surface area contributed by atoms with Crippen LogP contribution in [0.25, 0.3) is 0 Å². The summed E-state index contributed by atoms with van der Waals surface area (Å²) in [6, 6.07) is 1.76. The average molecular weight is 345 g/mol. The van der Waals surface area contributed by atoms with Crippen LogP contribution in [0.4, 0.5) is 4.79 Å². The van der Waals surface area contributed by atoms with Gasteiger partial charge in [0.15, 0.2) is 0 Å². The molecule has 23 heavy (non-hydrogen) atoms. The van der Waals surface area contributed by atoms with E-state index < -0.39 is 15.7 Å². The van der Waals surface area contributed by atoms with Gasteiger partial charge in [-0.05, 0) is 33.3 Å². The fraction of sp³-hybridized carbons (Fsp3) is 0.714. The lowest BCUT2D eigenvalue weighted by molar-refractivity contribution is 0.0236. The van der Waals surface area contributed by atoms with Crippen LogP contribution in [0.5, 0.6) is 0 Å². The van der Waals surface area contributed by atoms with Gasteiger partial charge in [-0.25, -0.2) is 4.79 Å². The second-order valence-corrected chi connectivity index (χ2v) is 8.22. The van der Waals surface area contributed by atoms with Gasteiger partial charge in [0.1, 0.15) is 12.2 Å². The van der Waals surface area contributed by atoms with Crippen LogP contribution in [-0.2, 0) is 38.7 Å². The third kappa shape index (κ3) is 5.51. The Morgan fingerprint density at radius 2 is 2.04 bits per heavy atom. The molecule has 1 aromatic heterocycles. The van der Waals surface area contributed by atoms with Crippen molar-refractivity contribution in [1.29, 1.82) is 0 Å². The third-order valence-corrected chi connectivity index (χ3v) is 3.68. The molecule has 0 unspecified atom stereocenters. The molecule has 0 atom stereocenters. The van der Waals surface area contributed by atoms with Crippen molar-refractivity contribution in [3.63, 3.8) is 0 Å². The molecule has 0 aliphatic carbocycles. The Labute approximate surface area is 136 Å². The van der Waals surface area contributed by atoms with E-state index >= 15 is 0 Å². The molecule has 1 aromatic rings. The number of hydrogen-bond donors (Lipinski definition) is 0. The van der Waals surface area contributed by atoms with Gasteiger partial charge in [0.05, 0.1) is 24.2 Å².